The molecule has 4 heterocycles. The molecule has 11 heteroatoms. The van der Waals surface area contributed by atoms with Gasteiger partial charge in [0, 0.05) is 49.4 Å². The number of aryl methyl sites for hydroxylation is 1. The van der Waals surface area contributed by atoms with Crippen molar-refractivity contribution in [2.75, 3.05) is 16.0 Å². The van der Waals surface area contributed by atoms with Crippen LogP contribution in [0.15, 0.2) is 42.9 Å². The molecule has 0 aliphatic rings. The lowest BCUT2D eigenvalue weighted by Gasteiger charge is -2.18. The number of amides is 1. The minimum atomic E-state index is -0.682. The smallest absolute Gasteiger partial charge is 0.276 e. The molecular formula is C22H26FN9O. The summed E-state index contributed by atoms with van der Waals surface area (Å²) >= 11 is 0. The van der Waals surface area contributed by atoms with E-state index in [9.17, 15) is 9.18 Å². The first-order chi connectivity index (χ1) is 16.0. The van der Waals surface area contributed by atoms with Crippen LogP contribution in [-0.2, 0) is 7.05 Å². The van der Waals surface area contributed by atoms with Crippen molar-refractivity contribution >= 4 is 34.6 Å². The highest BCUT2D eigenvalue weighted by atomic mass is 19.1. The van der Waals surface area contributed by atoms with E-state index in [0.29, 0.717) is 23.0 Å². The number of nitrogens with one attached hydrogen (secondary N) is 3. The zero-order valence-corrected chi connectivity index (χ0v) is 18.7. The van der Waals surface area contributed by atoms with Crippen LogP contribution in [0.1, 0.15) is 43.6 Å². The first-order valence-corrected chi connectivity index (χ1v) is 10.8. The van der Waals surface area contributed by atoms with Crippen LogP contribution in [0.5, 0.6) is 0 Å². The van der Waals surface area contributed by atoms with Gasteiger partial charge in [-0.15, -0.1) is 5.10 Å². The van der Waals surface area contributed by atoms with Crippen LogP contribution in [0.2, 0.25) is 0 Å². The number of fused-ring (bicyclic) bond motifs is 1. The lowest BCUT2D eigenvalue weighted by molar-refractivity contribution is 0.102. The molecule has 1 amide bonds. The Morgan fingerprint density at radius 2 is 2.00 bits per heavy atom. The fraction of sp³-hybridized carbons (Fsp3) is 0.318. The van der Waals surface area contributed by atoms with Crippen molar-refractivity contribution < 1.29 is 9.18 Å². The van der Waals surface area contributed by atoms with E-state index in [0.717, 1.165) is 25.3 Å². The summed E-state index contributed by atoms with van der Waals surface area (Å²) in [5.41, 5.74) is 1.60. The van der Waals surface area contributed by atoms with Crippen LogP contribution >= 0.6 is 0 Å². The summed E-state index contributed by atoms with van der Waals surface area (Å²) in [5, 5.41) is 18.4. The number of carbonyl (C=O) groups is 1. The average Bonchev–Trinajstić information content (AvgIpc) is 3.39. The summed E-state index contributed by atoms with van der Waals surface area (Å²) in [6.45, 7) is 4.25. The highest BCUT2D eigenvalue weighted by molar-refractivity contribution is 6.03. The Hall–Kier alpha value is -4.02. The summed E-state index contributed by atoms with van der Waals surface area (Å²) in [6.07, 6.45) is 7.51. The second-order valence-corrected chi connectivity index (χ2v) is 7.68. The summed E-state index contributed by atoms with van der Waals surface area (Å²) in [5.74, 6) is 0.0858. The summed E-state index contributed by atoms with van der Waals surface area (Å²) in [6, 6.07) is 6.59. The lowest BCUT2D eigenvalue weighted by Crippen LogP contribution is -2.21. The van der Waals surface area contributed by atoms with Gasteiger partial charge in [-0.05, 0) is 18.9 Å². The van der Waals surface area contributed by atoms with Gasteiger partial charge in [0.25, 0.3) is 5.91 Å². The van der Waals surface area contributed by atoms with Crippen molar-refractivity contribution in [1.29, 1.82) is 0 Å². The van der Waals surface area contributed by atoms with Crippen LogP contribution < -0.4 is 16.0 Å². The minimum Gasteiger partial charge on any atom is -0.366 e. The summed E-state index contributed by atoms with van der Waals surface area (Å²) in [7, 11) is 1.83. The Morgan fingerprint density at radius 3 is 2.70 bits per heavy atom. The molecule has 4 aromatic heterocycles. The Kier molecular flexibility index (Phi) is 6.48. The third kappa shape index (κ3) is 5.08. The van der Waals surface area contributed by atoms with Crippen LogP contribution in [-0.4, -0.2) is 41.3 Å². The molecule has 0 aliphatic carbocycles. The molecule has 0 saturated carbocycles. The number of halogens is 1. The largest absolute Gasteiger partial charge is 0.366 e. The number of hydrogen-bond donors (Lipinski definition) is 3. The quantitative estimate of drug-likeness (QED) is 0.330. The van der Waals surface area contributed by atoms with E-state index in [2.05, 4.69) is 50.0 Å². The number of rotatable bonds is 9. The number of imidazole rings is 1. The molecule has 3 N–H and O–H groups in total. The molecule has 4 rings (SSSR count). The number of nitrogens with zero attached hydrogens (tertiary/aromatic N) is 6. The second kappa shape index (κ2) is 9.63. The van der Waals surface area contributed by atoms with Gasteiger partial charge in [-0.1, -0.05) is 20.3 Å². The highest BCUT2D eigenvalue weighted by Gasteiger charge is 2.19. The van der Waals surface area contributed by atoms with E-state index < -0.39 is 11.9 Å². The van der Waals surface area contributed by atoms with Gasteiger partial charge in [0.1, 0.15) is 5.82 Å². The Balaban J connectivity index is 1.72. The van der Waals surface area contributed by atoms with Gasteiger partial charge in [-0.25, -0.2) is 14.5 Å². The predicted molar refractivity (Wildman–Crippen MR) is 124 cm³/mol. The number of anilines is 4. The maximum atomic E-state index is 13.4. The maximum absolute atomic E-state index is 13.4. The van der Waals surface area contributed by atoms with Gasteiger partial charge >= 0.3 is 0 Å². The Bertz CT molecular complexity index is 1270. The lowest BCUT2D eigenvalue weighted by atomic mass is 10.1. The molecule has 0 saturated heterocycles. The van der Waals surface area contributed by atoms with Gasteiger partial charge in [-0.2, -0.15) is 9.49 Å². The summed E-state index contributed by atoms with van der Waals surface area (Å²) in [4.78, 5) is 20.9. The van der Waals surface area contributed by atoms with Gasteiger partial charge < -0.3 is 16.0 Å². The standard InChI is InChI=1S/C22H26FN9O/c1-4-6-14(5-2)26-20-12-16(28-19-8-10-31(3)29-19)21-25-13-17(32(21)30-20)22(33)27-15-7-9-24-18(23)11-15/h7-14H,4-6H2,1-3H3,(H,26,30)(H,28,29)(H,24,27,33). The molecule has 4 aromatic rings. The van der Waals surface area contributed by atoms with Crippen molar-refractivity contribution in [1.82, 2.24) is 29.4 Å². The topological polar surface area (TPSA) is 114 Å². The zero-order chi connectivity index (χ0) is 23.4. The molecule has 1 atom stereocenters. The van der Waals surface area contributed by atoms with Gasteiger partial charge in [-0.3, -0.25) is 9.48 Å². The normalized spacial score (nSPS) is 12.0. The molecule has 33 heavy (non-hydrogen) atoms. The molecule has 172 valence electrons. The van der Waals surface area contributed by atoms with Crippen LogP contribution in [0.25, 0.3) is 5.65 Å². The summed E-state index contributed by atoms with van der Waals surface area (Å²) < 4.78 is 16.6. The first kappa shape index (κ1) is 22.2. The van der Waals surface area contributed by atoms with Gasteiger partial charge in [0.05, 0.1) is 11.9 Å². The van der Waals surface area contributed by atoms with E-state index in [1.807, 2.05) is 25.4 Å². The Morgan fingerprint density at radius 1 is 1.15 bits per heavy atom. The number of pyridine rings is 1. The monoisotopic (exact) mass is 451 g/mol. The zero-order valence-electron chi connectivity index (χ0n) is 18.7. The predicted octanol–water partition coefficient (Wildman–Crippen LogP) is 3.98. The maximum Gasteiger partial charge on any atom is 0.276 e. The molecule has 0 spiro atoms. The van der Waals surface area contributed by atoms with Gasteiger partial charge in [0.2, 0.25) is 5.95 Å². The molecular weight excluding hydrogens is 425 g/mol. The van der Waals surface area contributed by atoms with E-state index in [1.54, 1.807) is 4.68 Å². The van der Waals surface area contributed by atoms with Crippen molar-refractivity contribution in [3.8, 4) is 0 Å². The third-order valence-corrected chi connectivity index (χ3v) is 5.14. The van der Waals surface area contributed by atoms with Crippen molar-refractivity contribution in [3.05, 3.63) is 54.5 Å². The first-order valence-electron chi connectivity index (χ1n) is 10.8. The molecule has 10 nitrogen and oxygen atoms in total. The van der Waals surface area contributed by atoms with Crippen molar-refractivity contribution in [3.63, 3.8) is 0 Å². The molecule has 0 bridgehead atoms. The van der Waals surface area contributed by atoms with Crippen LogP contribution in [0, 0.1) is 5.95 Å². The second-order valence-electron chi connectivity index (χ2n) is 7.68. The third-order valence-electron chi connectivity index (χ3n) is 5.14. The fourth-order valence-electron chi connectivity index (χ4n) is 3.52. The number of aromatic nitrogens is 6. The van der Waals surface area contributed by atoms with Crippen LogP contribution in [0.3, 0.4) is 0 Å². The molecule has 0 radical (unpaired) electrons. The van der Waals surface area contributed by atoms with Crippen molar-refractivity contribution in [2.24, 2.45) is 7.05 Å². The minimum absolute atomic E-state index is 0.207. The molecule has 0 fully saturated rings. The van der Waals surface area contributed by atoms with E-state index >= 15 is 0 Å². The highest BCUT2D eigenvalue weighted by Crippen LogP contribution is 2.25. The SMILES string of the molecule is CCCC(CC)Nc1cc(Nc2ccn(C)n2)c2ncc(C(=O)Nc3ccnc(F)c3)n2n1. The van der Waals surface area contributed by atoms with E-state index in [4.69, 9.17) is 0 Å². The average molecular weight is 452 g/mol. The van der Waals surface area contributed by atoms with E-state index in [-0.39, 0.29) is 17.4 Å². The van der Waals surface area contributed by atoms with Gasteiger partial charge in [0.15, 0.2) is 17.2 Å². The Labute approximate surface area is 190 Å². The fourth-order valence-corrected chi connectivity index (χ4v) is 3.52. The van der Waals surface area contributed by atoms with Crippen molar-refractivity contribution in [2.45, 2.75) is 39.2 Å². The molecule has 1 unspecified atom stereocenters. The number of carbonyl (C=O) groups excluding carboxylic acids is 1. The number of hydrogen-bond acceptors (Lipinski definition) is 7. The van der Waals surface area contributed by atoms with E-state index in [1.165, 1.54) is 23.0 Å². The molecule has 0 aromatic carbocycles. The van der Waals surface area contributed by atoms with Crippen LogP contribution in [0.4, 0.5) is 27.4 Å². The molecule has 0 aliphatic heterocycles.